The van der Waals surface area contributed by atoms with Gasteiger partial charge in [0.25, 0.3) is 0 Å². The lowest BCUT2D eigenvalue weighted by atomic mass is 9.76. The zero-order chi connectivity index (χ0) is 51.3. The van der Waals surface area contributed by atoms with Crippen molar-refractivity contribution in [2.75, 3.05) is 13.2 Å². The van der Waals surface area contributed by atoms with Crippen LogP contribution in [0.3, 0.4) is 0 Å². The van der Waals surface area contributed by atoms with Crippen LogP contribution < -0.4 is 9.47 Å². The van der Waals surface area contributed by atoms with E-state index in [1.54, 1.807) is 86.6 Å². The van der Waals surface area contributed by atoms with Gasteiger partial charge in [0.1, 0.15) is 0 Å². The molecule has 2 aliphatic carbocycles. The van der Waals surface area contributed by atoms with E-state index >= 15 is 17.6 Å². The molecule has 72 heavy (non-hydrogen) atoms. The van der Waals surface area contributed by atoms with Crippen LogP contribution in [0.1, 0.15) is 141 Å². The Bertz CT molecular complexity index is 2780. The lowest BCUT2D eigenvalue weighted by Gasteiger charge is -2.29. The summed E-state index contributed by atoms with van der Waals surface area (Å²) in [5.74, 6) is -6.39. The summed E-state index contributed by atoms with van der Waals surface area (Å²) in [6, 6.07) is 24.9. The van der Waals surface area contributed by atoms with Crippen molar-refractivity contribution in [2.45, 2.75) is 130 Å². The Morgan fingerprint density at radius 3 is 1.21 bits per heavy atom. The molecule has 1 saturated carbocycles. The van der Waals surface area contributed by atoms with Crippen molar-refractivity contribution in [3.8, 4) is 56.0 Å². The molecule has 0 N–H and O–H groups in total. The Hall–Kier alpha value is -5.90. The number of hydrogen-bond donors (Lipinski definition) is 0. The van der Waals surface area contributed by atoms with Gasteiger partial charge in [-0.15, -0.1) is 0 Å². The highest BCUT2D eigenvalue weighted by atomic mass is 19.2. The second kappa shape index (κ2) is 25.7. The van der Waals surface area contributed by atoms with E-state index in [0.717, 1.165) is 50.5 Å². The van der Waals surface area contributed by atoms with Gasteiger partial charge in [0.15, 0.2) is 46.4 Å². The predicted molar refractivity (Wildman–Crippen MR) is 275 cm³/mol. The molecule has 1 atom stereocenters. The molecule has 6 aromatic rings. The molecule has 1 unspecified atom stereocenters. The van der Waals surface area contributed by atoms with Crippen LogP contribution in [0.15, 0.2) is 103 Å². The largest absolute Gasteiger partial charge is 0.491 e. The Kier molecular flexibility index (Phi) is 19.2. The Morgan fingerprint density at radius 1 is 0.389 bits per heavy atom. The second-order valence-electron chi connectivity index (χ2n) is 19.2. The van der Waals surface area contributed by atoms with E-state index in [9.17, 15) is 17.6 Å². The molecule has 0 spiro atoms. The molecular formula is C62H66F8O2. The van der Waals surface area contributed by atoms with Crippen LogP contribution in [-0.4, -0.2) is 13.2 Å². The van der Waals surface area contributed by atoms with Crippen molar-refractivity contribution in [3.63, 3.8) is 0 Å². The molecule has 382 valence electrons. The van der Waals surface area contributed by atoms with Gasteiger partial charge in [-0.05, 0) is 134 Å². The van der Waals surface area contributed by atoms with Crippen molar-refractivity contribution in [3.05, 3.63) is 161 Å². The van der Waals surface area contributed by atoms with Crippen LogP contribution in [0.2, 0.25) is 0 Å². The van der Waals surface area contributed by atoms with Crippen LogP contribution in [-0.2, 0) is 0 Å². The summed E-state index contributed by atoms with van der Waals surface area (Å²) in [6.07, 6.45) is 18.5. The molecule has 0 bridgehead atoms. The van der Waals surface area contributed by atoms with Gasteiger partial charge in [0, 0.05) is 27.8 Å². The summed E-state index contributed by atoms with van der Waals surface area (Å²) < 4.78 is 128. The van der Waals surface area contributed by atoms with Crippen molar-refractivity contribution < 1.29 is 44.6 Å². The second-order valence-corrected chi connectivity index (χ2v) is 19.2. The SMILES string of the molecule is CCCCCC1CC=C(c2ccc(-c3ccc(-c4ccc(OCC)c(F)c4F)cc3)c(F)c2F)CC1.CCCCCC1CCC(c2ccc(-c3ccc(-c4ccc(OCC)c(F)c4F)cc3)c(F)c2F)CC1. The third kappa shape index (κ3) is 12.6. The number of rotatable bonds is 18. The summed E-state index contributed by atoms with van der Waals surface area (Å²) in [4.78, 5) is 0. The Morgan fingerprint density at radius 2 is 0.778 bits per heavy atom. The van der Waals surface area contributed by atoms with E-state index in [1.165, 1.54) is 75.6 Å². The van der Waals surface area contributed by atoms with Crippen molar-refractivity contribution in [1.29, 1.82) is 0 Å². The molecule has 1 fully saturated rings. The first-order valence-corrected chi connectivity index (χ1v) is 26.0. The minimum Gasteiger partial charge on any atom is -0.491 e. The highest BCUT2D eigenvalue weighted by Gasteiger charge is 2.27. The minimum absolute atomic E-state index is 0.0517. The Balaban J connectivity index is 0.000000211. The summed E-state index contributed by atoms with van der Waals surface area (Å²) in [6.45, 7) is 8.23. The molecule has 2 nitrogen and oxygen atoms in total. The number of hydrogen-bond acceptors (Lipinski definition) is 2. The van der Waals surface area contributed by atoms with Gasteiger partial charge in [0.2, 0.25) is 11.6 Å². The van der Waals surface area contributed by atoms with Gasteiger partial charge in [-0.1, -0.05) is 144 Å². The minimum atomic E-state index is -1.05. The maximum atomic E-state index is 15.1. The quantitative estimate of drug-likeness (QED) is 0.0631. The van der Waals surface area contributed by atoms with Crippen LogP contribution in [0.25, 0.3) is 50.1 Å². The van der Waals surface area contributed by atoms with E-state index < -0.39 is 46.5 Å². The molecule has 0 saturated heterocycles. The highest BCUT2D eigenvalue weighted by molar-refractivity contribution is 5.75. The monoisotopic (exact) mass is 994 g/mol. The number of benzene rings is 6. The summed E-state index contributed by atoms with van der Waals surface area (Å²) in [5, 5.41) is 0. The zero-order valence-corrected chi connectivity index (χ0v) is 41.9. The topological polar surface area (TPSA) is 18.5 Å². The van der Waals surface area contributed by atoms with E-state index in [1.807, 2.05) is 0 Å². The Labute approximate surface area is 420 Å². The summed E-state index contributed by atoms with van der Waals surface area (Å²) >= 11 is 0. The first-order valence-electron chi connectivity index (χ1n) is 26.0. The normalized spacial score (nSPS) is 16.7. The molecule has 0 amide bonds. The molecular weight excluding hydrogens is 929 g/mol. The third-order valence-corrected chi connectivity index (χ3v) is 14.5. The van der Waals surface area contributed by atoms with Crippen LogP contribution >= 0.6 is 0 Å². The summed E-state index contributed by atoms with van der Waals surface area (Å²) in [5.41, 5.74) is 3.91. The van der Waals surface area contributed by atoms with E-state index in [-0.39, 0.29) is 52.9 Å². The van der Waals surface area contributed by atoms with Gasteiger partial charge in [-0.3, -0.25) is 0 Å². The molecule has 10 heteroatoms. The number of allylic oxidation sites excluding steroid dienone is 2. The first-order chi connectivity index (χ1) is 34.9. The van der Waals surface area contributed by atoms with E-state index in [2.05, 4.69) is 19.9 Å². The predicted octanol–water partition coefficient (Wildman–Crippen LogP) is 19.6. The van der Waals surface area contributed by atoms with E-state index in [0.29, 0.717) is 45.2 Å². The maximum absolute atomic E-state index is 15.1. The van der Waals surface area contributed by atoms with Gasteiger partial charge in [-0.2, -0.15) is 8.78 Å². The maximum Gasteiger partial charge on any atom is 0.201 e. The third-order valence-electron chi connectivity index (χ3n) is 14.5. The standard InChI is InChI=1S/C31H34F4O.C31H32F4O/c2*1-3-5-6-7-20-8-10-21(11-9-20)24-16-17-25(29(33)28(24)32)22-12-14-23(15-13-22)26-18-19-27(36-4-2)31(35)30(26)34/h12-21H,3-11H2,1-2H3;10,12-20H,3-9,11H2,1-2H3. The van der Waals surface area contributed by atoms with E-state index in [4.69, 9.17) is 9.47 Å². The molecule has 0 aromatic heterocycles. The number of halogens is 8. The fourth-order valence-corrected chi connectivity index (χ4v) is 10.3. The smallest absolute Gasteiger partial charge is 0.201 e. The molecule has 8 rings (SSSR count). The van der Waals surface area contributed by atoms with Gasteiger partial charge < -0.3 is 9.47 Å². The first kappa shape index (κ1) is 53.9. The van der Waals surface area contributed by atoms with Crippen LogP contribution in [0.5, 0.6) is 11.5 Å². The highest BCUT2D eigenvalue weighted by Crippen LogP contribution is 2.42. The number of ether oxygens (including phenoxy) is 2. The molecule has 0 radical (unpaired) electrons. The van der Waals surface area contributed by atoms with Gasteiger partial charge in [-0.25, -0.2) is 26.3 Å². The molecule has 0 aliphatic heterocycles. The average molecular weight is 995 g/mol. The van der Waals surface area contributed by atoms with Crippen molar-refractivity contribution >= 4 is 5.57 Å². The van der Waals surface area contributed by atoms with Crippen molar-refractivity contribution in [1.82, 2.24) is 0 Å². The fourth-order valence-electron chi connectivity index (χ4n) is 10.3. The lowest BCUT2D eigenvalue weighted by Crippen LogP contribution is -2.15. The molecule has 6 aromatic carbocycles. The van der Waals surface area contributed by atoms with Crippen molar-refractivity contribution in [2.24, 2.45) is 11.8 Å². The average Bonchev–Trinajstić information content (AvgIpc) is 3.40. The zero-order valence-electron chi connectivity index (χ0n) is 41.9. The van der Waals surface area contributed by atoms with Crippen LogP contribution in [0, 0.1) is 58.4 Å². The molecule has 2 aliphatic rings. The van der Waals surface area contributed by atoms with Crippen LogP contribution in [0.4, 0.5) is 35.1 Å². The summed E-state index contributed by atoms with van der Waals surface area (Å²) in [7, 11) is 0. The van der Waals surface area contributed by atoms with Gasteiger partial charge >= 0.3 is 0 Å². The fraction of sp³-hybridized carbons (Fsp3) is 0.387. The lowest BCUT2D eigenvalue weighted by molar-refractivity contribution is 0.298. The number of unbranched alkanes of at least 4 members (excludes halogenated alkanes) is 4. The van der Waals surface area contributed by atoms with Gasteiger partial charge in [0.05, 0.1) is 13.2 Å². The molecule has 0 heterocycles.